The Hall–Kier alpha value is -1.89. The van der Waals surface area contributed by atoms with Crippen molar-refractivity contribution in [3.05, 3.63) is 67.2 Å². The molecule has 0 unspecified atom stereocenters. The van der Waals surface area contributed by atoms with Gasteiger partial charge in [0.2, 0.25) is 0 Å². The highest BCUT2D eigenvalue weighted by atomic mass is 14.7. The molecule has 1 heteroatoms. The number of hydrogen-bond donors (Lipinski definition) is 0. The molecule has 0 bridgehead atoms. The second kappa shape index (κ2) is 4.56. The molecule has 0 fully saturated rings. The van der Waals surface area contributed by atoms with Gasteiger partial charge in [-0.25, -0.2) is 0 Å². The summed E-state index contributed by atoms with van der Waals surface area (Å²) < 4.78 is 0. The van der Waals surface area contributed by atoms with Crippen LogP contribution in [0.3, 0.4) is 0 Å². The fraction of sp³-hybridized carbons (Fsp3) is 0. The highest BCUT2D eigenvalue weighted by molar-refractivity contribution is 5.62. The standard InChI is InChI=1S/C14H12N/c1-2-5-12-7-9-13(10-8-12)14-6-3-4-11-15-14/h2-11H,1H2. The molecule has 1 heterocycles. The van der Waals surface area contributed by atoms with Crippen molar-refractivity contribution in [1.29, 1.82) is 0 Å². The van der Waals surface area contributed by atoms with Crippen LogP contribution in [0.15, 0.2) is 54.7 Å². The van der Waals surface area contributed by atoms with Crippen LogP contribution in [-0.2, 0) is 0 Å². The van der Waals surface area contributed by atoms with Gasteiger partial charge in [-0.2, -0.15) is 0 Å². The average Bonchev–Trinajstić information content (AvgIpc) is 2.32. The second-order valence-electron chi connectivity index (χ2n) is 3.24. The molecular formula is C14H12N. The molecule has 0 spiro atoms. The maximum Gasteiger partial charge on any atom is 0.0701 e. The first kappa shape index (κ1) is 9.66. The zero-order chi connectivity index (χ0) is 10.5. The Morgan fingerprint density at radius 2 is 1.80 bits per heavy atom. The first-order valence-electron chi connectivity index (χ1n) is 4.87. The lowest BCUT2D eigenvalue weighted by molar-refractivity contribution is 1.33. The number of allylic oxidation sites excluding steroid dienone is 1. The van der Waals surface area contributed by atoms with Gasteiger partial charge in [0.1, 0.15) is 0 Å². The zero-order valence-corrected chi connectivity index (χ0v) is 8.43. The smallest absolute Gasteiger partial charge is 0.0701 e. The Balaban J connectivity index is 2.32. The molecule has 1 aromatic carbocycles. The number of benzene rings is 1. The average molecular weight is 194 g/mol. The van der Waals surface area contributed by atoms with Crippen LogP contribution in [0.4, 0.5) is 0 Å². The highest BCUT2D eigenvalue weighted by Crippen LogP contribution is 2.17. The Bertz CT molecular complexity index is 441. The van der Waals surface area contributed by atoms with E-state index in [1.54, 1.807) is 12.3 Å². The van der Waals surface area contributed by atoms with Crippen molar-refractivity contribution in [3.8, 4) is 11.3 Å². The fourth-order valence-electron chi connectivity index (χ4n) is 1.43. The molecule has 2 aromatic rings. The summed E-state index contributed by atoms with van der Waals surface area (Å²) in [6, 6.07) is 14.2. The normalized spacial score (nSPS) is 10.7. The van der Waals surface area contributed by atoms with Gasteiger partial charge in [-0.15, -0.1) is 0 Å². The first-order chi connectivity index (χ1) is 7.40. The van der Waals surface area contributed by atoms with Crippen molar-refractivity contribution in [2.45, 2.75) is 0 Å². The van der Waals surface area contributed by atoms with Gasteiger partial charge in [0.25, 0.3) is 0 Å². The molecule has 0 atom stereocenters. The van der Waals surface area contributed by atoms with Crippen LogP contribution in [0, 0.1) is 6.92 Å². The highest BCUT2D eigenvalue weighted by Gasteiger charge is 1.96. The predicted molar refractivity (Wildman–Crippen MR) is 64.1 cm³/mol. The van der Waals surface area contributed by atoms with Gasteiger partial charge in [0.05, 0.1) is 5.69 Å². The van der Waals surface area contributed by atoms with Crippen molar-refractivity contribution in [2.24, 2.45) is 0 Å². The van der Waals surface area contributed by atoms with E-state index in [0.717, 1.165) is 16.8 Å². The lowest BCUT2D eigenvalue weighted by Crippen LogP contribution is -1.81. The van der Waals surface area contributed by atoms with Crippen molar-refractivity contribution in [1.82, 2.24) is 4.98 Å². The second-order valence-corrected chi connectivity index (χ2v) is 3.24. The molecule has 0 aliphatic heterocycles. The molecule has 0 saturated carbocycles. The van der Waals surface area contributed by atoms with Crippen molar-refractivity contribution in [3.63, 3.8) is 0 Å². The summed E-state index contributed by atoms with van der Waals surface area (Å²) in [4.78, 5) is 4.29. The van der Waals surface area contributed by atoms with Crippen LogP contribution in [0.5, 0.6) is 0 Å². The summed E-state index contributed by atoms with van der Waals surface area (Å²) in [5.41, 5.74) is 3.30. The Morgan fingerprint density at radius 3 is 2.40 bits per heavy atom. The van der Waals surface area contributed by atoms with Gasteiger partial charge >= 0.3 is 0 Å². The minimum absolute atomic E-state index is 1.00. The number of pyridine rings is 1. The van der Waals surface area contributed by atoms with Crippen molar-refractivity contribution < 1.29 is 0 Å². The first-order valence-corrected chi connectivity index (χ1v) is 4.87. The topological polar surface area (TPSA) is 12.9 Å². The quantitative estimate of drug-likeness (QED) is 0.711. The molecule has 73 valence electrons. The van der Waals surface area contributed by atoms with Crippen LogP contribution >= 0.6 is 0 Å². The summed E-state index contributed by atoms with van der Waals surface area (Å²) in [7, 11) is 0. The lowest BCUT2D eigenvalue weighted by Gasteiger charge is -2.00. The van der Waals surface area contributed by atoms with Crippen LogP contribution in [0.2, 0.25) is 0 Å². The van der Waals surface area contributed by atoms with Crippen LogP contribution in [0.1, 0.15) is 5.56 Å². The van der Waals surface area contributed by atoms with E-state index in [-0.39, 0.29) is 0 Å². The fourth-order valence-corrected chi connectivity index (χ4v) is 1.43. The molecule has 0 N–H and O–H groups in total. The number of rotatable bonds is 2. The third-order valence-electron chi connectivity index (χ3n) is 2.18. The van der Waals surface area contributed by atoms with E-state index < -0.39 is 0 Å². The maximum atomic E-state index is 4.29. The van der Waals surface area contributed by atoms with Gasteiger partial charge in [0.15, 0.2) is 0 Å². The van der Waals surface area contributed by atoms with Gasteiger partial charge in [-0.3, -0.25) is 4.98 Å². The van der Waals surface area contributed by atoms with Gasteiger partial charge < -0.3 is 0 Å². The van der Waals surface area contributed by atoms with E-state index >= 15 is 0 Å². The van der Waals surface area contributed by atoms with Crippen LogP contribution in [-0.4, -0.2) is 4.98 Å². The monoisotopic (exact) mass is 194 g/mol. The van der Waals surface area contributed by atoms with Crippen LogP contribution < -0.4 is 0 Å². The predicted octanol–water partition coefficient (Wildman–Crippen LogP) is 3.60. The molecular weight excluding hydrogens is 182 g/mol. The zero-order valence-electron chi connectivity index (χ0n) is 8.43. The number of nitrogens with zero attached hydrogens (tertiary/aromatic N) is 1. The number of hydrogen-bond acceptors (Lipinski definition) is 1. The minimum Gasteiger partial charge on any atom is -0.256 e. The molecule has 0 saturated heterocycles. The van der Waals surface area contributed by atoms with E-state index in [0.29, 0.717) is 0 Å². The molecule has 2 rings (SSSR count). The van der Waals surface area contributed by atoms with Gasteiger partial charge in [-0.1, -0.05) is 42.5 Å². The molecule has 1 aromatic heterocycles. The summed E-state index contributed by atoms with van der Waals surface area (Å²) in [5.74, 6) is 0. The minimum atomic E-state index is 1.00. The van der Waals surface area contributed by atoms with Crippen molar-refractivity contribution >= 4 is 6.08 Å². The molecule has 15 heavy (non-hydrogen) atoms. The lowest BCUT2D eigenvalue weighted by atomic mass is 10.1. The van der Waals surface area contributed by atoms with Gasteiger partial charge in [-0.05, 0) is 24.6 Å². The SMILES string of the molecule is [CH2]C=Cc1ccc(-c2ccccn2)cc1. The largest absolute Gasteiger partial charge is 0.256 e. The molecule has 1 radical (unpaired) electrons. The molecule has 1 nitrogen and oxygen atoms in total. The Labute approximate surface area is 90.1 Å². The summed E-state index contributed by atoms with van der Waals surface area (Å²) in [5, 5.41) is 0. The third kappa shape index (κ3) is 2.32. The van der Waals surface area contributed by atoms with E-state index in [9.17, 15) is 0 Å². The van der Waals surface area contributed by atoms with E-state index in [1.807, 2.05) is 24.3 Å². The van der Waals surface area contributed by atoms with Gasteiger partial charge in [0, 0.05) is 11.8 Å². The van der Waals surface area contributed by atoms with Crippen LogP contribution in [0.25, 0.3) is 17.3 Å². The molecule has 0 amide bonds. The summed E-state index contributed by atoms with van der Waals surface area (Å²) >= 11 is 0. The van der Waals surface area contributed by atoms with E-state index in [4.69, 9.17) is 0 Å². The Kier molecular flexibility index (Phi) is 2.93. The summed E-state index contributed by atoms with van der Waals surface area (Å²) in [6.07, 6.45) is 5.57. The number of aromatic nitrogens is 1. The van der Waals surface area contributed by atoms with E-state index in [2.05, 4.69) is 36.2 Å². The molecule has 0 aliphatic carbocycles. The molecule has 0 aliphatic rings. The van der Waals surface area contributed by atoms with E-state index in [1.165, 1.54) is 0 Å². The maximum absolute atomic E-state index is 4.29. The third-order valence-corrected chi connectivity index (χ3v) is 2.18. The van der Waals surface area contributed by atoms with Crippen molar-refractivity contribution in [2.75, 3.05) is 0 Å². The Morgan fingerprint density at radius 1 is 1.00 bits per heavy atom. The summed E-state index contributed by atoms with van der Waals surface area (Å²) in [6.45, 7) is 3.67.